The van der Waals surface area contributed by atoms with E-state index in [4.69, 9.17) is 18.1 Å². The molecular formula is C11H15N3S. The Hall–Kier alpha value is -1.13. The fourth-order valence-corrected chi connectivity index (χ4v) is 2.25. The van der Waals surface area contributed by atoms with Crippen LogP contribution in [0.3, 0.4) is 0 Å². The molecular weight excluding hydrogens is 206 g/mol. The molecule has 1 aliphatic carbocycles. The van der Waals surface area contributed by atoms with Gasteiger partial charge in [0.05, 0.1) is 6.04 Å². The van der Waals surface area contributed by atoms with Crippen LogP contribution >= 0.6 is 12.2 Å². The fraction of sp³-hybridized carbons (Fsp3) is 0.364. The summed E-state index contributed by atoms with van der Waals surface area (Å²) in [6.07, 6.45) is 3.47. The summed E-state index contributed by atoms with van der Waals surface area (Å²) in [6.45, 7) is 0. The van der Waals surface area contributed by atoms with Gasteiger partial charge in [-0.25, -0.2) is 5.84 Å². The van der Waals surface area contributed by atoms with Crippen molar-refractivity contribution < 1.29 is 0 Å². The van der Waals surface area contributed by atoms with Gasteiger partial charge >= 0.3 is 0 Å². The van der Waals surface area contributed by atoms with Crippen molar-refractivity contribution in [2.75, 3.05) is 0 Å². The van der Waals surface area contributed by atoms with Gasteiger partial charge in [0.15, 0.2) is 5.11 Å². The number of hydrogen-bond acceptors (Lipinski definition) is 2. The van der Waals surface area contributed by atoms with Crippen LogP contribution in [0.2, 0.25) is 0 Å². The second kappa shape index (κ2) is 4.59. The van der Waals surface area contributed by atoms with E-state index in [9.17, 15) is 0 Å². The molecule has 0 saturated heterocycles. The van der Waals surface area contributed by atoms with Crippen LogP contribution in [0.25, 0.3) is 0 Å². The first-order valence-corrected chi connectivity index (χ1v) is 5.57. The van der Waals surface area contributed by atoms with Gasteiger partial charge in [0.25, 0.3) is 0 Å². The van der Waals surface area contributed by atoms with Crippen LogP contribution in [0.1, 0.15) is 30.0 Å². The standard InChI is InChI=1S/C11H15N3S/c12-14-11(15)13-10-7-3-5-8-4-1-2-6-9(8)10/h1-2,4,6,10H,3,5,7,12H2,(H2,13,14,15). The third-order valence-corrected chi connectivity index (χ3v) is 3.04. The third-order valence-electron chi connectivity index (χ3n) is 2.81. The van der Waals surface area contributed by atoms with E-state index in [0.29, 0.717) is 11.2 Å². The number of hydrazine groups is 1. The summed E-state index contributed by atoms with van der Waals surface area (Å²) < 4.78 is 0. The molecule has 1 unspecified atom stereocenters. The van der Waals surface area contributed by atoms with Crippen molar-refractivity contribution in [1.82, 2.24) is 10.7 Å². The molecule has 80 valence electrons. The lowest BCUT2D eigenvalue weighted by Gasteiger charge is -2.27. The topological polar surface area (TPSA) is 50.1 Å². The largest absolute Gasteiger partial charge is 0.355 e. The highest BCUT2D eigenvalue weighted by Gasteiger charge is 2.19. The normalized spacial score (nSPS) is 19.1. The van der Waals surface area contributed by atoms with Gasteiger partial charge in [-0.1, -0.05) is 24.3 Å². The Labute approximate surface area is 95.0 Å². The number of nitrogens with two attached hydrogens (primary N) is 1. The summed E-state index contributed by atoms with van der Waals surface area (Å²) >= 11 is 5.02. The van der Waals surface area contributed by atoms with Crippen LogP contribution in [0.5, 0.6) is 0 Å². The van der Waals surface area contributed by atoms with E-state index in [1.165, 1.54) is 17.5 Å². The maximum Gasteiger partial charge on any atom is 0.181 e. The molecule has 0 heterocycles. The van der Waals surface area contributed by atoms with Gasteiger partial charge in [-0.05, 0) is 42.6 Å². The minimum absolute atomic E-state index is 0.304. The zero-order valence-electron chi connectivity index (χ0n) is 8.49. The SMILES string of the molecule is NNC(=S)NC1CCCc2ccccc21. The minimum Gasteiger partial charge on any atom is -0.355 e. The van der Waals surface area contributed by atoms with Crippen molar-refractivity contribution >= 4 is 17.3 Å². The second-order valence-electron chi connectivity index (χ2n) is 3.76. The van der Waals surface area contributed by atoms with E-state index in [2.05, 4.69) is 35.0 Å². The van der Waals surface area contributed by atoms with E-state index in [1.807, 2.05) is 0 Å². The maximum absolute atomic E-state index is 5.26. The van der Waals surface area contributed by atoms with Crippen LogP contribution in [0, 0.1) is 0 Å². The Kier molecular flexibility index (Phi) is 3.18. The molecule has 1 atom stereocenters. The van der Waals surface area contributed by atoms with E-state index >= 15 is 0 Å². The van der Waals surface area contributed by atoms with Crippen molar-refractivity contribution in [2.45, 2.75) is 25.3 Å². The molecule has 0 aromatic heterocycles. The Morgan fingerprint density at radius 1 is 1.40 bits per heavy atom. The Bertz CT molecular complexity index is 365. The van der Waals surface area contributed by atoms with Crippen molar-refractivity contribution in [1.29, 1.82) is 0 Å². The summed E-state index contributed by atoms with van der Waals surface area (Å²) in [7, 11) is 0. The van der Waals surface area contributed by atoms with Gasteiger partial charge in [0.1, 0.15) is 0 Å². The number of hydrogen-bond donors (Lipinski definition) is 3. The first-order valence-electron chi connectivity index (χ1n) is 5.16. The summed E-state index contributed by atoms with van der Waals surface area (Å²) in [6, 6.07) is 8.80. The molecule has 0 amide bonds. The van der Waals surface area contributed by atoms with Gasteiger partial charge in [-0.2, -0.15) is 0 Å². The molecule has 15 heavy (non-hydrogen) atoms. The molecule has 0 fully saturated rings. The van der Waals surface area contributed by atoms with Gasteiger partial charge in [0, 0.05) is 0 Å². The number of benzene rings is 1. The lowest BCUT2D eigenvalue weighted by molar-refractivity contribution is 0.524. The van der Waals surface area contributed by atoms with E-state index in [0.717, 1.165) is 12.8 Å². The number of rotatable bonds is 1. The molecule has 4 heteroatoms. The lowest BCUT2D eigenvalue weighted by atomic mass is 9.88. The van der Waals surface area contributed by atoms with Crippen LogP contribution < -0.4 is 16.6 Å². The smallest absolute Gasteiger partial charge is 0.181 e. The summed E-state index contributed by atoms with van der Waals surface area (Å²) in [4.78, 5) is 0. The average molecular weight is 221 g/mol. The quantitative estimate of drug-likeness (QED) is 0.381. The highest BCUT2D eigenvalue weighted by Crippen LogP contribution is 2.29. The zero-order chi connectivity index (χ0) is 10.7. The van der Waals surface area contributed by atoms with Crippen LogP contribution in [-0.4, -0.2) is 5.11 Å². The van der Waals surface area contributed by atoms with Gasteiger partial charge < -0.3 is 10.7 Å². The highest BCUT2D eigenvalue weighted by molar-refractivity contribution is 7.80. The Morgan fingerprint density at radius 2 is 2.20 bits per heavy atom. The van der Waals surface area contributed by atoms with Crippen molar-refractivity contribution in [2.24, 2.45) is 5.84 Å². The molecule has 0 radical (unpaired) electrons. The van der Waals surface area contributed by atoms with Gasteiger partial charge in [-0.15, -0.1) is 0 Å². The third kappa shape index (κ3) is 2.27. The Morgan fingerprint density at radius 3 is 3.00 bits per heavy atom. The Balaban J connectivity index is 2.18. The number of nitrogens with one attached hydrogen (secondary N) is 2. The predicted octanol–water partition coefficient (Wildman–Crippen LogP) is 1.40. The molecule has 1 aromatic rings. The first-order chi connectivity index (χ1) is 7.31. The van der Waals surface area contributed by atoms with Crippen LogP contribution in [-0.2, 0) is 6.42 Å². The number of thiocarbonyl (C=S) groups is 1. The highest BCUT2D eigenvalue weighted by atomic mass is 32.1. The number of aryl methyl sites for hydroxylation is 1. The second-order valence-corrected chi connectivity index (χ2v) is 4.17. The van der Waals surface area contributed by atoms with E-state index in [1.54, 1.807) is 0 Å². The predicted molar refractivity (Wildman–Crippen MR) is 65.2 cm³/mol. The van der Waals surface area contributed by atoms with Crippen LogP contribution in [0.4, 0.5) is 0 Å². The van der Waals surface area contributed by atoms with E-state index in [-0.39, 0.29) is 0 Å². The number of fused-ring (bicyclic) bond motifs is 1. The van der Waals surface area contributed by atoms with Crippen molar-refractivity contribution in [3.05, 3.63) is 35.4 Å². The first kappa shape index (κ1) is 10.4. The molecule has 0 saturated carbocycles. The molecule has 1 aliphatic rings. The minimum atomic E-state index is 0.304. The van der Waals surface area contributed by atoms with Gasteiger partial charge in [0.2, 0.25) is 0 Å². The lowest BCUT2D eigenvalue weighted by Crippen LogP contribution is -2.42. The van der Waals surface area contributed by atoms with Crippen molar-refractivity contribution in [3.63, 3.8) is 0 Å². The molecule has 1 aromatic carbocycles. The van der Waals surface area contributed by atoms with Crippen LogP contribution in [0.15, 0.2) is 24.3 Å². The molecule has 3 nitrogen and oxygen atoms in total. The monoisotopic (exact) mass is 221 g/mol. The van der Waals surface area contributed by atoms with Gasteiger partial charge in [-0.3, -0.25) is 0 Å². The van der Waals surface area contributed by atoms with E-state index < -0.39 is 0 Å². The maximum atomic E-state index is 5.26. The molecule has 0 aliphatic heterocycles. The zero-order valence-corrected chi connectivity index (χ0v) is 9.31. The summed E-state index contributed by atoms with van der Waals surface area (Å²) in [5.74, 6) is 5.26. The summed E-state index contributed by atoms with van der Waals surface area (Å²) in [5, 5.41) is 3.73. The molecule has 4 N–H and O–H groups in total. The average Bonchev–Trinajstić information content (AvgIpc) is 2.29. The van der Waals surface area contributed by atoms with Crippen molar-refractivity contribution in [3.8, 4) is 0 Å². The molecule has 0 bridgehead atoms. The molecule has 0 spiro atoms. The fourth-order valence-electron chi connectivity index (χ4n) is 2.10. The summed E-state index contributed by atoms with van der Waals surface area (Å²) in [5.41, 5.74) is 5.23. The molecule has 2 rings (SSSR count).